The third-order valence-corrected chi connectivity index (χ3v) is 9.95. The fraction of sp³-hybridized carbons (Fsp3) is 0.531. The topological polar surface area (TPSA) is 111 Å². The van der Waals surface area contributed by atoms with E-state index in [0.717, 1.165) is 50.6 Å². The standard InChI is InChI=1S/C32H42N6O3/c33-24-4-6-25(7-5-24)37-18-20-38(21-19-37)26-10-12-32(13-11-26)14-16-36(17-15-32)27-3-1-2-23(22-27)30(40)34-28-8-9-29(39)35-31(28)41/h1-7,22,26,28H,8-21,33H2,(H,34,40)(H,35,39,41). The Hall–Kier alpha value is -3.59. The monoisotopic (exact) mass is 558 g/mol. The van der Waals surface area contributed by atoms with Crippen LogP contribution in [0.2, 0.25) is 0 Å². The zero-order chi connectivity index (χ0) is 28.4. The van der Waals surface area contributed by atoms with Gasteiger partial charge in [-0.25, -0.2) is 0 Å². The number of carbonyl (C=O) groups is 3. The molecule has 4 aliphatic rings. The van der Waals surface area contributed by atoms with Crippen molar-refractivity contribution in [3.8, 4) is 0 Å². The average Bonchev–Trinajstić information content (AvgIpc) is 3.00. The molecule has 3 amide bonds. The maximum Gasteiger partial charge on any atom is 0.252 e. The van der Waals surface area contributed by atoms with Crippen LogP contribution in [-0.2, 0) is 9.59 Å². The molecular formula is C32H42N6O3. The first-order valence-electron chi connectivity index (χ1n) is 15.2. The van der Waals surface area contributed by atoms with Gasteiger partial charge < -0.3 is 20.9 Å². The molecule has 3 aliphatic heterocycles. The molecule has 1 spiro atoms. The number of piperazine rings is 1. The van der Waals surface area contributed by atoms with Crippen LogP contribution in [0.25, 0.3) is 0 Å². The Bertz CT molecular complexity index is 1250. The van der Waals surface area contributed by atoms with Gasteiger partial charge in [0.1, 0.15) is 6.04 Å². The van der Waals surface area contributed by atoms with Gasteiger partial charge in [0.05, 0.1) is 0 Å². The van der Waals surface area contributed by atoms with Crippen molar-refractivity contribution in [2.75, 3.05) is 54.8 Å². The minimum atomic E-state index is -0.665. The highest BCUT2D eigenvalue weighted by molar-refractivity contribution is 6.04. The van der Waals surface area contributed by atoms with Gasteiger partial charge in [-0.3, -0.25) is 24.6 Å². The summed E-state index contributed by atoms with van der Waals surface area (Å²) >= 11 is 0. The number of nitrogens with two attached hydrogens (primary N) is 1. The van der Waals surface area contributed by atoms with E-state index >= 15 is 0 Å². The lowest BCUT2D eigenvalue weighted by Gasteiger charge is -2.49. The van der Waals surface area contributed by atoms with Crippen LogP contribution >= 0.6 is 0 Å². The van der Waals surface area contributed by atoms with E-state index in [1.807, 2.05) is 24.3 Å². The number of piperidine rings is 2. The van der Waals surface area contributed by atoms with Crippen molar-refractivity contribution in [2.45, 2.75) is 63.5 Å². The van der Waals surface area contributed by atoms with Crippen molar-refractivity contribution in [1.82, 2.24) is 15.5 Å². The molecule has 9 heteroatoms. The third-order valence-electron chi connectivity index (χ3n) is 9.95. The van der Waals surface area contributed by atoms with Gasteiger partial charge in [0.2, 0.25) is 11.8 Å². The second-order valence-corrected chi connectivity index (χ2v) is 12.4. The van der Waals surface area contributed by atoms with Gasteiger partial charge in [-0.05, 0) is 92.8 Å². The fourth-order valence-electron chi connectivity index (χ4n) is 7.27. The van der Waals surface area contributed by atoms with Gasteiger partial charge in [0, 0.05) is 74.4 Å². The highest BCUT2D eigenvalue weighted by Gasteiger charge is 2.40. The summed E-state index contributed by atoms with van der Waals surface area (Å²) in [6, 6.07) is 16.0. The number of amides is 3. The lowest BCUT2D eigenvalue weighted by Crippen LogP contribution is -2.52. The Balaban J connectivity index is 0.973. The summed E-state index contributed by atoms with van der Waals surface area (Å²) in [5, 5.41) is 5.09. The molecule has 0 aromatic heterocycles. The zero-order valence-electron chi connectivity index (χ0n) is 23.8. The largest absolute Gasteiger partial charge is 0.399 e. The Kier molecular flexibility index (Phi) is 7.88. The molecule has 4 fully saturated rings. The van der Waals surface area contributed by atoms with E-state index < -0.39 is 11.9 Å². The first-order valence-corrected chi connectivity index (χ1v) is 15.2. The number of rotatable bonds is 5. The first-order chi connectivity index (χ1) is 19.9. The molecule has 218 valence electrons. The van der Waals surface area contributed by atoms with Crippen molar-refractivity contribution in [3.63, 3.8) is 0 Å². The molecule has 2 aromatic rings. The summed E-state index contributed by atoms with van der Waals surface area (Å²) in [5.41, 5.74) is 10.00. The number of nitrogen functional groups attached to an aromatic ring is 1. The maximum atomic E-state index is 12.9. The van der Waals surface area contributed by atoms with E-state index in [1.54, 1.807) is 6.07 Å². The van der Waals surface area contributed by atoms with Gasteiger partial charge in [0.25, 0.3) is 5.91 Å². The predicted octanol–water partition coefficient (Wildman–Crippen LogP) is 3.16. The molecule has 1 saturated carbocycles. The molecule has 0 radical (unpaired) electrons. The van der Waals surface area contributed by atoms with Crippen molar-refractivity contribution >= 4 is 34.8 Å². The van der Waals surface area contributed by atoms with Crippen LogP contribution in [0, 0.1) is 5.41 Å². The SMILES string of the molecule is Nc1ccc(N2CCN(C3CCC4(CC3)CCN(c3cccc(C(=O)NC5CCC(=O)NC5=O)c3)CC4)CC2)cc1. The number of carbonyl (C=O) groups excluding carboxylic acids is 3. The van der Waals surface area contributed by atoms with Crippen LogP contribution in [-0.4, -0.2) is 74.0 Å². The van der Waals surface area contributed by atoms with Crippen LogP contribution in [0.15, 0.2) is 48.5 Å². The highest BCUT2D eigenvalue weighted by Crippen LogP contribution is 2.46. The van der Waals surface area contributed by atoms with Gasteiger partial charge in [-0.15, -0.1) is 0 Å². The lowest BCUT2D eigenvalue weighted by molar-refractivity contribution is -0.134. The molecule has 1 aliphatic carbocycles. The van der Waals surface area contributed by atoms with Gasteiger partial charge in [-0.1, -0.05) is 6.07 Å². The quantitative estimate of drug-likeness (QED) is 0.382. The Morgan fingerprint density at radius 2 is 1.51 bits per heavy atom. The molecule has 2 aromatic carbocycles. The van der Waals surface area contributed by atoms with E-state index in [-0.39, 0.29) is 18.2 Å². The van der Waals surface area contributed by atoms with Crippen LogP contribution in [0.4, 0.5) is 17.1 Å². The summed E-state index contributed by atoms with van der Waals surface area (Å²) in [5.74, 6) is -0.989. The van der Waals surface area contributed by atoms with E-state index in [4.69, 9.17) is 5.73 Å². The van der Waals surface area contributed by atoms with Crippen molar-refractivity contribution in [1.29, 1.82) is 0 Å². The molecule has 1 unspecified atom stereocenters. The van der Waals surface area contributed by atoms with Crippen LogP contribution in [0.5, 0.6) is 0 Å². The number of hydrogen-bond acceptors (Lipinski definition) is 7. The Morgan fingerprint density at radius 1 is 0.829 bits per heavy atom. The van der Waals surface area contributed by atoms with Gasteiger partial charge in [0.15, 0.2) is 0 Å². The first kappa shape index (κ1) is 27.6. The second kappa shape index (κ2) is 11.7. The van der Waals surface area contributed by atoms with Crippen LogP contribution in [0.3, 0.4) is 0 Å². The number of hydrogen-bond donors (Lipinski definition) is 3. The maximum absolute atomic E-state index is 12.9. The molecule has 1 atom stereocenters. The number of nitrogens with one attached hydrogen (secondary N) is 2. The summed E-state index contributed by atoms with van der Waals surface area (Å²) in [6.07, 6.45) is 8.15. The molecule has 9 nitrogen and oxygen atoms in total. The van der Waals surface area contributed by atoms with Crippen molar-refractivity contribution in [3.05, 3.63) is 54.1 Å². The number of anilines is 3. The summed E-state index contributed by atoms with van der Waals surface area (Å²) in [7, 11) is 0. The predicted molar refractivity (Wildman–Crippen MR) is 161 cm³/mol. The Morgan fingerprint density at radius 3 is 2.20 bits per heavy atom. The van der Waals surface area contributed by atoms with Gasteiger partial charge in [-0.2, -0.15) is 0 Å². The summed E-state index contributed by atoms with van der Waals surface area (Å²) < 4.78 is 0. The number of nitrogens with zero attached hydrogens (tertiary/aromatic N) is 3. The van der Waals surface area contributed by atoms with Crippen molar-refractivity contribution < 1.29 is 14.4 Å². The minimum Gasteiger partial charge on any atom is -0.399 e. The van der Waals surface area contributed by atoms with E-state index in [1.165, 1.54) is 44.2 Å². The van der Waals surface area contributed by atoms with Crippen molar-refractivity contribution in [2.24, 2.45) is 5.41 Å². The van der Waals surface area contributed by atoms with E-state index in [9.17, 15) is 14.4 Å². The fourth-order valence-corrected chi connectivity index (χ4v) is 7.27. The minimum absolute atomic E-state index is 0.244. The molecule has 0 bridgehead atoms. The third kappa shape index (κ3) is 6.20. The van der Waals surface area contributed by atoms with Gasteiger partial charge >= 0.3 is 0 Å². The highest BCUT2D eigenvalue weighted by atomic mass is 16.2. The summed E-state index contributed by atoms with van der Waals surface area (Å²) in [4.78, 5) is 43.9. The molecule has 3 heterocycles. The molecule has 4 N–H and O–H groups in total. The zero-order valence-corrected chi connectivity index (χ0v) is 23.8. The smallest absolute Gasteiger partial charge is 0.252 e. The molecule has 3 saturated heterocycles. The van der Waals surface area contributed by atoms with Crippen LogP contribution in [0.1, 0.15) is 61.7 Å². The lowest BCUT2D eigenvalue weighted by atomic mass is 9.66. The molecular weight excluding hydrogens is 516 g/mol. The van der Waals surface area contributed by atoms with E-state index in [0.29, 0.717) is 23.4 Å². The average molecular weight is 559 g/mol. The molecule has 41 heavy (non-hydrogen) atoms. The molecule has 6 rings (SSSR count). The number of benzene rings is 2. The second-order valence-electron chi connectivity index (χ2n) is 12.4. The van der Waals surface area contributed by atoms with E-state index in [2.05, 4.69) is 43.5 Å². The normalized spacial score (nSPS) is 23.9. The van der Waals surface area contributed by atoms with Crippen LogP contribution < -0.4 is 26.2 Å². The Labute approximate surface area is 242 Å². The summed E-state index contributed by atoms with van der Waals surface area (Å²) in [6.45, 7) is 6.41. The number of imide groups is 1.